The van der Waals surface area contributed by atoms with E-state index in [9.17, 15) is 13.8 Å². The van der Waals surface area contributed by atoms with Crippen molar-refractivity contribution in [3.05, 3.63) is 35.4 Å². The van der Waals surface area contributed by atoms with Crippen molar-refractivity contribution < 1.29 is 23.3 Å². The van der Waals surface area contributed by atoms with Crippen LogP contribution in [0.15, 0.2) is 29.2 Å². The summed E-state index contributed by atoms with van der Waals surface area (Å²) in [4.78, 5) is 27.1. The second-order valence-electron chi connectivity index (χ2n) is 6.69. The van der Waals surface area contributed by atoms with Crippen molar-refractivity contribution in [3.63, 3.8) is 0 Å². The average molecular weight is 365 g/mol. The average Bonchev–Trinajstić information content (AvgIpc) is 2.54. The van der Waals surface area contributed by atoms with Crippen LogP contribution in [-0.2, 0) is 25.3 Å². The highest BCUT2D eigenvalue weighted by molar-refractivity contribution is 7.83. The summed E-state index contributed by atoms with van der Waals surface area (Å²) in [6, 6.07) is 6.66. The van der Waals surface area contributed by atoms with Crippen LogP contribution in [0.2, 0.25) is 0 Å². The Bertz CT molecular complexity index is 716. The van der Waals surface area contributed by atoms with Gasteiger partial charge in [-0.1, -0.05) is 38.5 Å². The van der Waals surface area contributed by atoms with Gasteiger partial charge in [0.1, 0.15) is 11.0 Å². The van der Waals surface area contributed by atoms with Gasteiger partial charge in [-0.25, -0.2) is 13.7 Å². The molecule has 0 aliphatic rings. The minimum absolute atomic E-state index is 0.171. The van der Waals surface area contributed by atoms with Gasteiger partial charge in [0.15, 0.2) is 0 Å². The predicted octanol–water partition coefficient (Wildman–Crippen LogP) is 1.82. The summed E-state index contributed by atoms with van der Waals surface area (Å²) in [5.41, 5.74) is 8.81. The molecule has 0 fully saturated rings. The molecule has 1 aromatic carbocycles. The second-order valence-corrected chi connectivity index (χ2v) is 7.93. The number of esters is 1. The molecule has 0 amide bonds. The molecule has 1 N–H and O–H groups in total. The lowest BCUT2D eigenvalue weighted by Crippen LogP contribution is -2.44. The highest BCUT2D eigenvalue weighted by Gasteiger charge is 2.36. The summed E-state index contributed by atoms with van der Waals surface area (Å²) in [5.74, 6) is -1.71. The normalized spacial score (nSPS) is 13.5. The van der Waals surface area contributed by atoms with E-state index < -0.39 is 39.9 Å². The predicted molar refractivity (Wildman–Crippen MR) is 94.2 cm³/mol. The number of nitrogens with zero attached hydrogens (tertiary/aromatic N) is 2. The molecular weight excluding hydrogens is 342 g/mol. The van der Waals surface area contributed by atoms with Gasteiger partial charge >= 0.3 is 11.7 Å². The van der Waals surface area contributed by atoms with Crippen LogP contribution >= 0.6 is 0 Å². The summed E-state index contributed by atoms with van der Waals surface area (Å²) >= 11 is 0. The first-order valence-corrected chi connectivity index (χ1v) is 8.83. The molecule has 7 nitrogen and oxygen atoms in total. The molecule has 0 heterocycles. The number of hydrogen-bond donors (Lipinski definition) is 1. The molecule has 0 saturated heterocycles. The molecule has 0 aliphatic heterocycles. The molecule has 0 aromatic heterocycles. The molecule has 0 saturated carbocycles. The second kappa shape index (κ2) is 8.80. The maximum Gasteiger partial charge on any atom is 0.441 e. The number of ether oxygens (including phenoxy) is 1. The van der Waals surface area contributed by atoms with Gasteiger partial charge in [-0.2, -0.15) is 4.79 Å². The first-order valence-electron chi connectivity index (χ1n) is 7.68. The number of benzene rings is 1. The third-order valence-corrected chi connectivity index (χ3v) is 4.86. The fourth-order valence-electron chi connectivity index (χ4n) is 1.97. The molecule has 0 unspecified atom stereocenters. The molecule has 0 radical (unpaired) electrons. The monoisotopic (exact) mass is 365 g/mol. The number of rotatable bonds is 7. The molecule has 0 aliphatic carbocycles. The standard InChI is InChI=1S/C17H23N3O4S/c1-11-6-8-12(9-7-11)25(23)20-14(17(2,3)4)10-13(21)15(19-18)16(22)24-5/h6-9,14,20H,10H2,1-5H3/t14-,25+/m1/s1. The van der Waals surface area contributed by atoms with Crippen molar-refractivity contribution in [2.75, 3.05) is 7.11 Å². The Kier molecular flexibility index (Phi) is 7.36. The largest absolute Gasteiger partial charge is 0.460 e. The van der Waals surface area contributed by atoms with Gasteiger partial charge in [0.05, 0.1) is 12.0 Å². The zero-order valence-corrected chi connectivity index (χ0v) is 15.8. The van der Waals surface area contributed by atoms with E-state index in [-0.39, 0.29) is 6.42 Å². The van der Waals surface area contributed by atoms with Crippen LogP contribution in [0.5, 0.6) is 0 Å². The van der Waals surface area contributed by atoms with Crippen LogP contribution in [-0.4, -0.2) is 39.6 Å². The quantitative estimate of drug-likeness (QED) is 0.261. The van der Waals surface area contributed by atoms with Gasteiger partial charge in [0.2, 0.25) is 0 Å². The SMILES string of the molecule is COC(=O)C(=[N+]=[N-])C(=O)C[C@@H](N[S@@](=O)c1ccc(C)cc1)C(C)(C)C. The number of Topliss-reactive ketones (excluding diaryl/α,β-unsaturated/α-hetero) is 1. The summed E-state index contributed by atoms with van der Waals surface area (Å²) < 4.78 is 19.9. The molecule has 1 aromatic rings. The lowest BCUT2D eigenvalue weighted by Gasteiger charge is -2.30. The third-order valence-electron chi connectivity index (χ3n) is 3.66. The van der Waals surface area contributed by atoms with E-state index in [2.05, 4.69) is 14.2 Å². The van der Waals surface area contributed by atoms with Crippen LogP contribution in [0, 0.1) is 12.3 Å². The fraction of sp³-hybridized carbons (Fsp3) is 0.471. The number of nitrogens with one attached hydrogen (secondary N) is 1. The molecule has 136 valence electrons. The first kappa shape index (κ1) is 20.9. The number of carbonyl (C=O) groups is 2. The third kappa shape index (κ3) is 6.01. The minimum atomic E-state index is -1.53. The first-order chi connectivity index (χ1) is 11.6. The maximum absolute atomic E-state index is 12.5. The Balaban J connectivity index is 2.97. The Morgan fingerprint density at radius 2 is 1.84 bits per heavy atom. The summed E-state index contributed by atoms with van der Waals surface area (Å²) in [7, 11) is -0.443. The zero-order valence-electron chi connectivity index (χ0n) is 15.0. The zero-order chi connectivity index (χ0) is 19.2. The molecule has 25 heavy (non-hydrogen) atoms. The van der Waals surface area contributed by atoms with E-state index in [4.69, 9.17) is 5.53 Å². The minimum Gasteiger partial charge on any atom is -0.460 e. The van der Waals surface area contributed by atoms with Crippen molar-refractivity contribution in [1.82, 2.24) is 4.72 Å². The number of aryl methyl sites for hydroxylation is 1. The summed E-state index contributed by atoms with van der Waals surface area (Å²) in [6.07, 6.45) is -0.171. The smallest absolute Gasteiger partial charge is 0.441 e. The van der Waals surface area contributed by atoms with Crippen molar-refractivity contribution >= 4 is 28.4 Å². The maximum atomic E-state index is 12.5. The van der Waals surface area contributed by atoms with Gasteiger partial charge in [0.25, 0.3) is 5.78 Å². The highest BCUT2D eigenvalue weighted by atomic mass is 32.2. The van der Waals surface area contributed by atoms with Crippen molar-refractivity contribution in [1.29, 1.82) is 0 Å². The van der Waals surface area contributed by atoms with Gasteiger partial charge in [0, 0.05) is 12.5 Å². The Labute approximate surface area is 150 Å². The number of hydrogen-bond acceptors (Lipinski definition) is 4. The van der Waals surface area contributed by atoms with E-state index in [1.807, 2.05) is 39.8 Å². The van der Waals surface area contributed by atoms with Crippen molar-refractivity contribution in [3.8, 4) is 0 Å². The Hall–Kier alpha value is -2.15. The summed E-state index contributed by atoms with van der Waals surface area (Å²) in [6.45, 7) is 7.55. The van der Waals surface area contributed by atoms with Crippen LogP contribution in [0.3, 0.4) is 0 Å². The fourth-order valence-corrected chi connectivity index (χ4v) is 3.19. The van der Waals surface area contributed by atoms with E-state index >= 15 is 0 Å². The Morgan fingerprint density at radius 1 is 1.28 bits per heavy atom. The molecule has 1 rings (SSSR count). The number of methoxy groups -OCH3 is 1. The van der Waals surface area contributed by atoms with Gasteiger partial charge in [-0.3, -0.25) is 4.79 Å². The van der Waals surface area contributed by atoms with Crippen LogP contribution < -0.4 is 4.72 Å². The van der Waals surface area contributed by atoms with Crippen LogP contribution in [0.1, 0.15) is 32.8 Å². The lowest BCUT2D eigenvalue weighted by molar-refractivity contribution is -0.139. The Morgan fingerprint density at radius 3 is 2.28 bits per heavy atom. The molecule has 2 atom stereocenters. The highest BCUT2D eigenvalue weighted by Crippen LogP contribution is 2.23. The molecular formula is C17H23N3O4S. The van der Waals surface area contributed by atoms with E-state index in [0.717, 1.165) is 12.7 Å². The van der Waals surface area contributed by atoms with E-state index in [0.29, 0.717) is 4.90 Å². The topological polar surface area (TPSA) is 109 Å². The van der Waals surface area contributed by atoms with Crippen molar-refractivity contribution in [2.45, 2.75) is 45.1 Å². The summed E-state index contributed by atoms with van der Waals surface area (Å²) in [5, 5.41) is 0. The van der Waals surface area contributed by atoms with E-state index in [1.54, 1.807) is 12.1 Å². The van der Waals surface area contributed by atoms with Gasteiger partial charge < -0.3 is 10.3 Å². The van der Waals surface area contributed by atoms with Crippen LogP contribution in [0.25, 0.3) is 5.53 Å². The molecule has 8 heteroatoms. The lowest BCUT2D eigenvalue weighted by atomic mass is 9.84. The number of carbonyl (C=O) groups excluding carboxylic acids is 2. The molecule has 0 bridgehead atoms. The van der Waals surface area contributed by atoms with E-state index in [1.165, 1.54) is 0 Å². The van der Waals surface area contributed by atoms with Gasteiger partial charge in [-0.15, -0.1) is 0 Å². The van der Waals surface area contributed by atoms with Gasteiger partial charge in [-0.05, 0) is 24.5 Å². The van der Waals surface area contributed by atoms with Crippen molar-refractivity contribution in [2.24, 2.45) is 5.41 Å². The molecule has 0 spiro atoms. The number of ketones is 1. The van der Waals surface area contributed by atoms with Crippen LogP contribution in [0.4, 0.5) is 0 Å².